The van der Waals surface area contributed by atoms with Gasteiger partial charge in [-0.2, -0.15) is 4.98 Å². The molecule has 1 fully saturated rings. The lowest BCUT2D eigenvalue weighted by Crippen LogP contribution is -2.39. The number of rotatable bonds is 3. The molecule has 2 unspecified atom stereocenters. The molecule has 5 nitrogen and oxygen atoms in total. The first-order valence-corrected chi connectivity index (χ1v) is 6.67. The Balaban J connectivity index is 2.21. The van der Waals surface area contributed by atoms with Crippen molar-refractivity contribution in [2.24, 2.45) is 11.8 Å². The van der Waals surface area contributed by atoms with Crippen molar-refractivity contribution in [2.75, 3.05) is 17.4 Å². The summed E-state index contributed by atoms with van der Waals surface area (Å²) in [5.74, 6) is 7.56. The Morgan fingerprint density at radius 2 is 2.06 bits per heavy atom. The van der Waals surface area contributed by atoms with E-state index in [1.54, 1.807) is 0 Å². The predicted octanol–water partition coefficient (Wildman–Crippen LogP) is 2.09. The molecule has 1 aliphatic rings. The smallest absolute Gasteiger partial charge is 0.239 e. The molecule has 100 valence electrons. The van der Waals surface area contributed by atoms with Crippen molar-refractivity contribution in [3.05, 3.63) is 11.8 Å². The topological polar surface area (TPSA) is 67.1 Å². The van der Waals surface area contributed by atoms with Crippen LogP contribution in [0.15, 0.2) is 6.07 Å². The molecule has 5 heteroatoms. The minimum absolute atomic E-state index is 0.486. The van der Waals surface area contributed by atoms with E-state index in [-0.39, 0.29) is 0 Å². The third-order valence-corrected chi connectivity index (χ3v) is 3.89. The molecule has 0 amide bonds. The van der Waals surface area contributed by atoms with Gasteiger partial charge in [-0.25, -0.2) is 10.8 Å². The summed E-state index contributed by atoms with van der Waals surface area (Å²) < 4.78 is 0. The first kappa shape index (κ1) is 13.1. The van der Waals surface area contributed by atoms with Gasteiger partial charge in [0.05, 0.1) is 0 Å². The second-order valence-electron chi connectivity index (χ2n) is 5.28. The molecule has 0 spiro atoms. The highest BCUT2D eigenvalue weighted by atomic mass is 15.3. The standard InChI is InChI=1S/C13H23N5/c1-9-6-4-5-7-11(9)18(3)12-8-10(2)15-13(16-12)17-14/h8-9,11H,4-7,14H2,1-3H3,(H,15,16,17). The molecule has 0 aliphatic heterocycles. The fraction of sp³-hybridized carbons (Fsp3) is 0.692. The van der Waals surface area contributed by atoms with Crippen LogP contribution in [0.25, 0.3) is 0 Å². The van der Waals surface area contributed by atoms with Crippen LogP contribution >= 0.6 is 0 Å². The van der Waals surface area contributed by atoms with Gasteiger partial charge in [-0.05, 0) is 25.7 Å². The number of aromatic nitrogens is 2. The zero-order valence-electron chi connectivity index (χ0n) is 11.5. The summed E-state index contributed by atoms with van der Waals surface area (Å²) >= 11 is 0. The zero-order chi connectivity index (χ0) is 13.1. The van der Waals surface area contributed by atoms with Crippen molar-refractivity contribution >= 4 is 11.8 Å². The Labute approximate surface area is 109 Å². The maximum absolute atomic E-state index is 5.40. The third-order valence-electron chi connectivity index (χ3n) is 3.89. The van der Waals surface area contributed by atoms with Gasteiger partial charge in [-0.3, -0.25) is 5.43 Å². The Hall–Kier alpha value is -1.36. The molecule has 1 saturated carbocycles. The number of hydrogen-bond acceptors (Lipinski definition) is 5. The van der Waals surface area contributed by atoms with Crippen LogP contribution < -0.4 is 16.2 Å². The van der Waals surface area contributed by atoms with Crippen LogP contribution in [0.4, 0.5) is 11.8 Å². The van der Waals surface area contributed by atoms with E-state index in [2.05, 4.69) is 34.3 Å². The molecule has 18 heavy (non-hydrogen) atoms. The zero-order valence-corrected chi connectivity index (χ0v) is 11.5. The number of nitrogens with two attached hydrogens (primary N) is 1. The van der Waals surface area contributed by atoms with Gasteiger partial charge < -0.3 is 4.90 Å². The van der Waals surface area contributed by atoms with Crippen LogP contribution in [-0.4, -0.2) is 23.1 Å². The van der Waals surface area contributed by atoms with E-state index in [4.69, 9.17) is 5.84 Å². The Bertz CT molecular complexity index is 406. The summed E-state index contributed by atoms with van der Waals surface area (Å²) in [6, 6.07) is 2.58. The van der Waals surface area contributed by atoms with Crippen molar-refractivity contribution in [3.8, 4) is 0 Å². The summed E-state index contributed by atoms with van der Waals surface area (Å²) in [5.41, 5.74) is 3.46. The highest BCUT2D eigenvalue weighted by molar-refractivity contribution is 5.44. The van der Waals surface area contributed by atoms with Crippen LogP contribution in [0.3, 0.4) is 0 Å². The Morgan fingerprint density at radius 1 is 1.33 bits per heavy atom. The molecule has 0 bridgehead atoms. The van der Waals surface area contributed by atoms with Crippen LogP contribution in [0, 0.1) is 12.8 Å². The maximum Gasteiger partial charge on any atom is 0.239 e. The normalized spacial score (nSPS) is 23.8. The molecule has 1 heterocycles. The average molecular weight is 249 g/mol. The number of nitrogens with zero attached hydrogens (tertiary/aromatic N) is 3. The van der Waals surface area contributed by atoms with Gasteiger partial charge in [0.1, 0.15) is 5.82 Å². The second kappa shape index (κ2) is 5.52. The fourth-order valence-electron chi connectivity index (χ4n) is 2.84. The lowest BCUT2D eigenvalue weighted by molar-refractivity contribution is 0.320. The molecule has 0 aromatic carbocycles. The summed E-state index contributed by atoms with van der Waals surface area (Å²) in [6.07, 6.45) is 5.21. The number of nitrogen functional groups attached to an aromatic ring is 1. The molecule has 2 atom stereocenters. The third kappa shape index (κ3) is 2.72. The van der Waals surface area contributed by atoms with E-state index < -0.39 is 0 Å². The van der Waals surface area contributed by atoms with Gasteiger partial charge in [0.25, 0.3) is 0 Å². The molecule has 0 radical (unpaired) electrons. The first-order valence-electron chi connectivity index (χ1n) is 6.67. The van der Waals surface area contributed by atoms with Gasteiger partial charge >= 0.3 is 0 Å². The molecule has 2 rings (SSSR count). The minimum Gasteiger partial charge on any atom is -0.356 e. The van der Waals surface area contributed by atoms with Gasteiger partial charge in [0.2, 0.25) is 5.95 Å². The molecular weight excluding hydrogens is 226 g/mol. The number of anilines is 2. The number of aryl methyl sites for hydroxylation is 1. The highest BCUT2D eigenvalue weighted by Gasteiger charge is 2.26. The minimum atomic E-state index is 0.486. The largest absolute Gasteiger partial charge is 0.356 e. The monoisotopic (exact) mass is 249 g/mol. The summed E-state index contributed by atoms with van der Waals surface area (Å²) in [5, 5.41) is 0. The lowest BCUT2D eigenvalue weighted by atomic mass is 9.85. The van der Waals surface area contributed by atoms with Gasteiger partial charge in [0.15, 0.2) is 0 Å². The van der Waals surface area contributed by atoms with E-state index in [0.717, 1.165) is 11.5 Å². The van der Waals surface area contributed by atoms with E-state index in [0.29, 0.717) is 17.9 Å². The van der Waals surface area contributed by atoms with Gasteiger partial charge in [-0.1, -0.05) is 19.8 Å². The highest BCUT2D eigenvalue weighted by Crippen LogP contribution is 2.30. The first-order chi connectivity index (χ1) is 8.61. The van der Waals surface area contributed by atoms with E-state index in [1.807, 2.05) is 13.0 Å². The van der Waals surface area contributed by atoms with E-state index in [1.165, 1.54) is 25.7 Å². The summed E-state index contributed by atoms with van der Waals surface area (Å²) in [4.78, 5) is 10.9. The van der Waals surface area contributed by atoms with Crippen LogP contribution in [0.5, 0.6) is 0 Å². The average Bonchev–Trinajstić information content (AvgIpc) is 2.37. The van der Waals surface area contributed by atoms with E-state index >= 15 is 0 Å². The number of hydrogen-bond donors (Lipinski definition) is 2. The van der Waals surface area contributed by atoms with Crippen molar-refractivity contribution in [2.45, 2.75) is 45.6 Å². The fourth-order valence-corrected chi connectivity index (χ4v) is 2.84. The molecule has 0 saturated heterocycles. The Morgan fingerprint density at radius 3 is 2.72 bits per heavy atom. The quantitative estimate of drug-likeness (QED) is 0.634. The number of nitrogens with one attached hydrogen (secondary N) is 1. The van der Waals surface area contributed by atoms with Gasteiger partial charge in [-0.15, -0.1) is 0 Å². The molecular formula is C13H23N5. The predicted molar refractivity (Wildman–Crippen MR) is 74.4 cm³/mol. The number of hydrazine groups is 1. The SMILES string of the molecule is Cc1cc(N(C)C2CCCCC2C)nc(NN)n1. The Kier molecular flexibility index (Phi) is 4.01. The van der Waals surface area contributed by atoms with Crippen LogP contribution in [0.1, 0.15) is 38.3 Å². The van der Waals surface area contributed by atoms with Crippen LogP contribution in [0.2, 0.25) is 0 Å². The van der Waals surface area contributed by atoms with Crippen molar-refractivity contribution < 1.29 is 0 Å². The van der Waals surface area contributed by atoms with Gasteiger partial charge in [0, 0.05) is 24.8 Å². The summed E-state index contributed by atoms with van der Waals surface area (Å²) in [6.45, 7) is 4.29. The van der Waals surface area contributed by atoms with Crippen molar-refractivity contribution in [1.29, 1.82) is 0 Å². The maximum atomic E-state index is 5.40. The van der Waals surface area contributed by atoms with Crippen molar-refractivity contribution in [1.82, 2.24) is 9.97 Å². The second-order valence-corrected chi connectivity index (χ2v) is 5.28. The van der Waals surface area contributed by atoms with Crippen LogP contribution in [-0.2, 0) is 0 Å². The summed E-state index contributed by atoms with van der Waals surface area (Å²) in [7, 11) is 2.12. The molecule has 3 N–H and O–H groups in total. The van der Waals surface area contributed by atoms with E-state index in [9.17, 15) is 0 Å². The molecule has 1 aliphatic carbocycles. The molecule has 1 aromatic heterocycles. The lowest BCUT2D eigenvalue weighted by Gasteiger charge is -2.37. The van der Waals surface area contributed by atoms with Crippen molar-refractivity contribution in [3.63, 3.8) is 0 Å². The molecule has 1 aromatic rings.